The van der Waals surface area contributed by atoms with Crippen molar-refractivity contribution in [1.29, 1.82) is 0 Å². The van der Waals surface area contributed by atoms with Gasteiger partial charge in [0.2, 0.25) is 11.8 Å². The summed E-state index contributed by atoms with van der Waals surface area (Å²) >= 11 is 1.60. The number of amides is 2. The number of carbonyl (C=O) groups is 2. The molecule has 2 amide bonds. The first-order valence-corrected chi connectivity index (χ1v) is 10.1. The largest absolute Gasteiger partial charge is 0.326 e. The number of carbonyl (C=O) groups excluding carboxylic acids is 2. The zero-order chi connectivity index (χ0) is 19.7. The van der Waals surface area contributed by atoms with Crippen LogP contribution in [0.3, 0.4) is 0 Å². The van der Waals surface area contributed by atoms with Crippen molar-refractivity contribution in [1.82, 2.24) is 4.98 Å². The number of nitrogens with one attached hydrogen (secondary N) is 1. The number of thiazole rings is 1. The fraction of sp³-hybridized carbons (Fsp3) is 0.227. The zero-order valence-corrected chi connectivity index (χ0v) is 16.6. The number of benzene rings is 2. The molecule has 1 fully saturated rings. The van der Waals surface area contributed by atoms with Crippen molar-refractivity contribution in [2.75, 3.05) is 16.8 Å². The zero-order valence-electron chi connectivity index (χ0n) is 15.8. The van der Waals surface area contributed by atoms with E-state index in [0.29, 0.717) is 6.54 Å². The first kappa shape index (κ1) is 18.4. The third-order valence-corrected chi connectivity index (χ3v) is 5.63. The minimum Gasteiger partial charge on any atom is -0.326 e. The summed E-state index contributed by atoms with van der Waals surface area (Å²) < 4.78 is 0. The molecule has 1 aliphatic rings. The van der Waals surface area contributed by atoms with Crippen molar-refractivity contribution < 1.29 is 9.59 Å². The van der Waals surface area contributed by atoms with Crippen molar-refractivity contribution in [3.05, 3.63) is 64.5 Å². The van der Waals surface area contributed by atoms with Crippen LogP contribution in [0, 0.1) is 19.8 Å². The molecular formula is C22H21N3O2S. The second-order valence-electron chi connectivity index (χ2n) is 7.07. The molecule has 0 saturated carbocycles. The van der Waals surface area contributed by atoms with Crippen molar-refractivity contribution in [3.8, 4) is 11.3 Å². The van der Waals surface area contributed by atoms with E-state index >= 15 is 0 Å². The van der Waals surface area contributed by atoms with Gasteiger partial charge in [0.25, 0.3) is 0 Å². The molecule has 5 nitrogen and oxygen atoms in total. The summed E-state index contributed by atoms with van der Waals surface area (Å²) in [6.45, 7) is 4.36. The average Bonchev–Trinajstić information content (AvgIpc) is 3.28. The van der Waals surface area contributed by atoms with E-state index in [1.165, 1.54) is 0 Å². The van der Waals surface area contributed by atoms with E-state index in [0.717, 1.165) is 33.2 Å². The lowest BCUT2D eigenvalue weighted by Crippen LogP contribution is -2.28. The van der Waals surface area contributed by atoms with Crippen molar-refractivity contribution in [2.24, 2.45) is 5.92 Å². The van der Waals surface area contributed by atoms with Gasteiger partial charge in [-0.1, -0.05) is 24.3 Å². The van der Waals surface area contributed by atoms with Gasteiger partial charge < -0.3 is 10.2 Å². The van der Waals surface area contributed by atoms with Crippen LogP contribution in [0.1, 0.15) is 17.0 Å². The number of anilines is 2. The van der Waals surface area contributed by atoms with E-state index in [9.17, 15) is 9.59 Å². The third-order valence-electron chi connectivity index (χ3n) is 4.85. The van der Waals surface area contributed by atoms with Crippen LogP contribution in [0.2, 0.25) is 0 Å². The molecule has 1 atom stereocenters. The van der Waals surface area contributed by atoms with Crippen LogP contribution in [0.5, 0.6) is 0 Å². The lowest BCUT2D eigenvalue weighted by Gasteiger charge is -2.17. The SMILES string of the molecule is Cc1cccc(N2CC(C(=O)Nc3cccc(-c4csc(C)n4)c3)CC2=O)c1. The molecule has 1 unspecified atom stereocenters. The highest BCUT2D eigenvalue weighted by molar-refractivity contribution is 7.09. The molecule has 0 bridgehead atoms. The Kier molecular flexibility index (Phi) is 4.96. The topological polar surface area (TPSA) is 62.3 Å². The number of nitrogens with zero attached hydrogens (tertiary/aromatic N) is 2. The van der Waals surface area contributed by atoms with Crippen molar-refractivity contribution >= 4 is 34.5 Å². The average molecular weight is 391 g/mol. The van der Waals surface area contributed by atoms with Crippen LogP contribution >= 0.6 is 11.3 Å². The minimum atomic E-state index is -0.363. The Bertz CT molecular complexity index is 1040. The molecule has 4 rings (SSSR count). The second kappa shape index (κ2) is 7.56. The van der Waals surface area contributed by atoms with Crippen molar-refractivity contribution in [3.63, 3.8) is 0 Å². The predicted octanol–water partition coefficient (Wildman–Crippen LogP) is 4.42. The van der Waals surface area contributed by atoms with Crippen LogP contribution in [-0.4, -0.2) is 23.3 Å². The molecule has 0 aliphatic carbocycles. The van der Waals surface area contributed by atoms with Gasteiger partial charge >= 0.3 is 0 Å². The van der Waals surface area contributed by atoms with Crippen LogP contribution in [0.15, 0.2) is 53.9 Å². The highest BCUT2D eigenvalue weighted by atomic mass is 32.1. The monoisotopic (exact) mass is 391 g/mol. The molecule has 2 aromatic carbocycles. The third kappa shape index (κ3) is 3.82. The van der Waals surface area contributed by atoms with Crippen LogP contribution in [0.25, 0.3) is 11.3 Å². The molecule has 1 aromatic heterocycles. The number of aryl methyl sites for hydroxylation is 2. The molecular weight excluding hydrogens is 370 g/mol. The van der Waals surface area contributed by atoms with E-state index in [1.807, 2.05) is 67.8 Å². The van der Waals surface area contributed by atoms with Gasteiger partial charge in [-0.05, 0) is 43.7 Å². The molecule has 1 saturated heterocycles. The van der Waals surface area contributed by atoms with Gasteiger partial charge in [-0.2, -0.15) is 0 Å². The highest BCUT2D eigenvalue weighted by Crippen LogP contribution is 2.28. The van der Waals surface area contributed by atoms with Crippen LogP contribution < -0.4 is 10.2 Å². The fourth-order valence-electron chi connectivity index (χ4n) is 3.43. The maximum absolute atomic E-state index is 12.8. The standard InChI is InChI=1S/C22H21N3O2S/c1-14-5-3-8-19(9-14)25-12-17(11-21(25)26)22(27)24-18-7-4-6-16(10-18)20-13-28-15(2)23-20/h3-10,13,17H,11-12H2,1-2H3,(H,24,27). The van der Waals surface area contributed by atoms with Gasteiger partial charge in [0, 0.05) is 35.3 Å². The van der Waals surface area contributed by atoms with Gasteiger partial charge in [0.1, 0.15) is 0 Å². The lowest BCUT2D eigenvalue weighted by atomic mass is 10.1. The van der Waals surface area contributed by atoms with Crippen LogP contribution in [0.4, 0.5) is 11.4 Å². The van der Waals surface area contributed by atoms with Gasteiger partial charge in [0.15, 0.2) is 0 Å². The summed E-state index contributed by atoms with van der Waals surface area (Å²) in [4.78, 5) is 31.4. The predicted molar refractivity (Wildman–Crippen MR) is 113 cm³/mol. The van der Waals surface area contributed by atoms with Gasteiger partial charge in [0.05, 0.1) is 16.6 Å². The maximum atomic E-state index is 12.8. The first-order chi connectivity index (χ1) is 13.5. The summed E-state index contributed by atoms with van der Waals surface area (Å²) in [6.07, 6.45) is 0.227. The minimum absolute atomic E-state index is 0.0163. The smallest absolute Gasteiger partial charge is 0.229 e. The quantitative estimate of drug-likeness (QED) is 0.716. The maximum Gasteiger partial charge on any atom is 0.229 e. The highest BCUT2D eigenvalue weighted by Gasteiger charge is 2.35. The summed E-state index contributed by atoms with van der Waals surface area (Å²) in [7, 11) is 0. The molecule has 2 heterocycles. The summed E-state index contributed by atoms with van der Waals surface area (Å²) in [5.41, 5.74) is 4.52. The lowest BCUT2D eigenvalue weighted by molar-refractivity contribution is -0.122. The van der Waals surface area contributed by atoms with Crippen LogP contribution in [-0.2, 0) is 9.59 Å². The fourth-order valence-corrected chi connectivity index (χ4v) is 4.05. The van der Waals surface area contributed by atoms with Gasteiger partial charge in [-0.25, -0.2) is 4.98 Å². The van der Waals surface area contributed by atoms with Crippen molar-refractivity contribution in [2.45, 2.75) is 20.3 Å². The number of rotatable bonds is 4. The van der Waals surface area contributed by atoms with Gasteiger partial charge in [-0.15, -0.1) is 11.3 Å². The molecule has 6 heteroatoms. The second-order valence-corrected chi connectivity index (χ2v) is 8.13. The number of aromatic nitrogens is 1. The Morgan fingerprint density at radius 2 is 2.00 bits per heavy atom. The Balaban J connectivity index is 1.46. The molecule has 1 N–H and O–H groups in total. The Morgan fingerprint density at radius 1 is 1.18 bits per heavy atom. The Morgan fingerprint density at radius 3 is 2.75 bits per heavy atom. The molecule has 28 heavy (non-hydrogen) atoms. The summed E-state index contributed by atoms with van der Waals surface area (Å²) in [6, 6.07) is 15.4. The normalized spacial score (nSPS) is 16.4. The molecule has 142 valence electrons. The van der Waals surface area contributed by atoms with E-state index in [2.05, 4.69) is 10.3 Å². The van der Waals surface area contributed by atoms with E-state index < -0.39 is 0 Å². The first-order valence-electron chi connectivity index (χ1n) is 9.20. The summed E-state index contributed by atoms with van der Waals surface area (Å²) in [5.74, 6) is -0.509. The molecule has 0 radical (unpaired) electrons. The number of hydrogen-bond donors (Lipinski definition) is 1. The molecule has 0 spiro atoms. The van der Waals surface area contributed by atoms with E-state index in [1.54, 1.807) is 16.2 Å². The van der Waals surface area contributed by atoms with E-state index in [-0.39, 0.29) is 24.2 Å². The molecule has 1 aliphatic heterocycles. The summed E-state index contributed by atoms with van der Waals surface area (Å²) in [5, 5.41) is 5.97. The van der Waals surface area contributed by atoms with Gasteiger partial charge in [-0.3, -0.25) is 9.59 Å². The Hall–Kier alpha value is -2.99. The van der Waals surface area contributed by atoms with E-state index in [4.69, 9.17) is 0 Å². The number of hydrogen-bond acceptors (Lipinski definition) is 4. The Labute approximate surface area is 168 Å². The molecule has 3 aromatic rings.